The van der Waals surface area contributed by atoms with Gasteiger partial charge in [-0.15, -0.1) is 0 Å². The van der Waals surface area contributed by atoms with E-state index in [0.29, 0.717) is 5.56 Å². The highest BCUT2D eigenvalue weighted by Crippen LogP contribution is 2.07. The predicted octanol–water partition coefficient (Wildman–Crippen LogP) is 2.65. The quantitative estimate of drug-likeness (QED) is 0.687. The van der Waals surface area contributed by atoms with E-state index in [4.69, 9.17) is 5.11 Å². The monoisotopic (exact) mass is 170 g/mol. The van der Waals surface area contributed by atoms with Crippen LogP contribution in [0.1, 0.15) is 25.0 Å². The minimum absolute atomic E-state index is 0.0986. The Morgan fingerprint density at radius 1 is 1.25 bits per heavy atom. The Kier molecular flexibility index (Phi) is 5.30. The maximum Gasteiger partial charge on any atom is 0.123 e. The Hall–Kier alpha value is -0.890. The van der Waals surface area contributed by atoms with Gasteiger partial charge in [0.25, 0.3) is 0 Å². The van der Waals surface area contributed by atoms with Crippen LogP contribution in [0.4, 0.5) is 4.39 Å². The molecule has 0 bridgehead atoms. The molecule has 0 aliphatic carbocycles. The highest BCUT2D eigenvalue weighted by Gasteiger charge is 1.94. The van der Waals surface area contributed by atoms with Crippen LogP contribution in [0.2, 0.25) is 0 Å². The average Bonchev–Trinajstić information content (AvgIpc) is 2.06. The Labute approximate surface area is 72.9 Å². The fourth-order valence-corrected chi connectivity index (χ4v) is 0.903. The van der Waals surface area contributed by atoms with Gasteiger partial charge in [-0.2, -0.15) is 0 Å². The van der Waals surface area contributed by atoms with Gasteiger partial charge in [0.1, 0.15) is 5.82 Å². The van der Waals surface area contributed by atoms with Gasteiger partial charge in [-0.05, 0) is 30.2 Å². The first-order valence-electron chi connectivity index (χ1n) is 4.09. The first kappa shape index (κ1) is 11.1. The minimum Gasteiger partial charge on any atom is -0.392 e. The fraction of sp³-hybridized carbons (Fsp3) is 0.400. The third kappa shape index (κ3) is 3.49. The summed E-state index contributed by atoms with van der Waals surface area (Å²) in [5.41, 5.74) is 1.46. The maximum absolute atomic E-state index is 12.5. The molecule has 0 atom stereocenters. The summed E-state index contributed by atoms with van der Waals surface area (Å²) in [4.78, 5) is 0. The third-order valence-electron chi connectivity index (χ3n) is 1.28. The van der Waals surface area contributed by atoms with E-state index in [1.54, 1.807) is 13.0 Å². The minimum atomic E-state index is -0.288. The zero-order valence-corrected chi connectivity index (χ0v) is 7.76. The summed E-state index contributed by atoms with van der Waals surface area (Å²) in [5, 5.41) is 8.62. The van der Waals surface area contributed by atoms with Gasteiger partial charge >= 0.3 is 0 Å². The summed E-state index contributed by atoms with van der Waals surface area (Å²) in [6.07, 6.45) is 0. The van der Waals surface area contributed by atoms with Crippen LogP contribution in [0.3, 0.4) is 0 Å². The van der Waals surface area contributed by atoms with Crippen LogP contribution in [-0.4, -0.2) is 5.11 Å². The summed E-state index contributed by atoms with van der Waals surface area (Å²) in [7, 11) is 0. The summed E-state index contributed by atoms with van der Waals surface area (Å²) in [6.45, 7) is 5.70. The average molecular weight is 170 g/mol. The van der Waals surface area contributed by atoms with Gasteiger partial charge in [0.15, 0.2) is 0 Å². The molecule has 0 saturated heterocycles. The van der Waals surface area contributed by atoms with Crippen LogP contribution in [0.15, 0.2) is 18.2 Å². The highest BCUT2D eigenvalue weighted by atomic mass is 19.1. The van der Waals surface area contributed by atoms with Gasteiger partial charge in [-0.3, -0.25) is 0 Å². The summed E-state index contributed by atoms with van der Waals surface area (Å²) >= 11 is 0. The van der Waals surface area contributed by atoms with Crippen LogP contribution in [0.25, 0.3) is 0 Å². The lowest BCUT2D eigenvalue weighted by molar-refractivity contribution is 0.281. The lowest BCUT2D eigenvalue weighted by atomic mass is 10.1. The first-order chi connectivity index (χ1) is 5.72. The molecule has 0 aliphatic rings. The van der Waals surface area contributed by atoms with Crippen molar-refractivity contribution in [3.8, 4) is 0 Å². The van der Waals surface area contributed by atoms with E-state index >= 15 is 0 Å². The van der Waals surface area contributed by atoms with E-state index < -0.39 is 0 Å². The van der Waals surface area contributed by atoms with E-state index in [-0.39, 0.29) is 12.4 Å². The fourth-order valence-electron chi connectivity index (χ4n) is 0.903. The maximum atomic E-state index is 12.5. The van der Waals surface area contributed by atoms with Gasteiger partial charge in [0, 0.05) is 0 Å². The Balaban J connectivity index is 0.000000561. The van der Waals surface area contributed by atoms with Crippen molar-refractivity contribution in [2.75, 3.05) is 0 Å². The van der Waals surface area contributed by atoms with E-state index in [1.807, 2.05) is 13.8 Å². The number of halogens is 1. The second-order valence-corrected chi connectivity index (χ2v) is 2.29. The SMILES string of the molecule is CC.Cc1cc(F)cc(CO)c1. The van der Waals surface area contributed by atoms with Gasteiger partial charge in [-0.25, -0.2) is 4.39 Å². The zero-order valence-electron chi connectivity index (χ0n) is 7.76. The van der Waals surface area contributed by atoms with Crippen molar-refractivity contribution in [2.24, 2.45) is 0 Å². The number of hydrogen-bond acceptors (Lipinski definition) is 1. The van der Waals surface area contributed by atoms with Crippen molar-refractivity contribution in [1.29, 1.82) is 0 Å². The van der Waals surface area contributed by atoms with Crippen LogP contribution in [0.5, 0.6) is 0 Å². The van der Waals surface area contributed by atoms with Crippen molar-refractivity contribution in [2.45, 2.75) is 27.4 Å². The molecule has 68 valence electrons. The molecule has 0 aromatic heterocycles. The molecule has 0 aliphatic heterocycles. The molecule has 1 aromatic rings. The molecule has 0 spiro atoms. The Morgan fingerprint density at radius 2 is 1.83 bits per heavy atom. The molecule has 0 amide bonds. The topological polar surface area (TPSA) is 20.2 Å². The van der Waals surface area contributed by atoms with Crippen molar-refractivity contribution in [3.05, 3.63) is 35.1 Å². The summed E-state index contributed by atoms with van der Waals surface area (Å²) in [5.74, 6) is -0.288. The van der Waals surface area contributed by atoms with E-state index in [1.165, 1.54) is 12.1 Å². The molecule has 0 heterocycles. The lowest BCUT2D eigenvalue weighted by Gasteiger charge is -1.97. The Bertz CT molecular complexity index is 213. The van der Waals surface area contributed by atoms with Gasteiger partial charge in [0.05, 0.1) is 6.61 Å². The van der Waals surface area contributed by atoms with E-state index in [2.05, 4.69) is 0 Å². The summed E-state index contributed by atoms with van der Waals surface area (Å²) < 4.78 is 12.5. The van der Waals surface area contributed by atoms with Crippen LogP contribution < -0.4 is 0 Å². The molecule has 0 unspecified atom stereocenters. The normalized spacial score (nSPS) is 8.75. The van der Waals surface area contributed by atoms with Crippen molar-refractivity contribution in [3.63, 3.8) is 0 Å². The number of rotatable bonds is 1. The van der Waals surface area contributed by atoms with E-state index in [0.717, 1.165) is 5.56 Å². The van der Waals surface area contributed by atoms with Crippen LogP contribution >= 0.6 is 0 Å². The smallest absolute Gasteiger partial charge is 0.123 e. The number of aryl methyl sites for hydroxylation is 1. The second-order valence-electron chi connectivity index (χ2n) is 2.29. The number of hydrogen-bond donors (Lipinski definition) is 1. The van der Waals surface area contributed by atoms with Crippen LogP contribution in [0, 0.1) is 12.7 Å². The van der Waals surface area contributed by atoms with E-state index in [9.17, 15) is 4.39 Å². The standard InChI is InChI=1S/C8H9FO.C2H6/c1-6-2-7(5-10)4-8(9)3-6;1-2/h2-4,10H,5H2,1H3;1-2H3. The molecule has 0 fully saturated rings. The molecule has 1 nitrogen and oxygen atoms in total. The number of aliphatic hydroxyl groups is 1. The third-order valence-corrected chi connectivity index (χ3v) is 1.28. The van der Waals surface area contributed by atoms with Crippen LogP contribution in [-0.2, 0) is 6.61 Å². The molecular formula is C10H15FO. The van der Waals surface area contributed by atoms with Crippen molar-refractivity contribution < 1.29 is 9.50 Å². The van der Waals surface area contributed by atoms with Gasteiger partial charge < -0.3 is 5.11 Å². The second kappa shape index (κ2) is 5.72. The molecule has 1 aromatic carbocycles. The molecule has 12 heavy (non-hydrogen) atoms. The number of aliphatic hydroxyl groups excluding tert-OH is 1. The molecule has 1 rings (SSSR count). The predicted molar refractivity (Wildman–Crippen MR) is 48.4 cm³/mol. The molecule has 2 heteroatoms. The van der Waals surface area contributed by atoms with Crippen molar-refractivity contribution >= 4 is 0 Å². The first-order valence-corrected chi connectivity index (χ1v) is 4.09. The highest BCUT2D eigenvalue weighted by molar-refractivity contribution is 5.22. The van der Waals surface area contributed by atoms with Gasteiger partial charge in [0.2, 0.25) is 0 Å². The molecule has 0 radical (unpaired) electrons. The number of benzene rings is 1. The Morgan fingerprint density at radius 3 is 2.25 bits per heavy atom. The molecule has 0 saturated carbocycles. The lowest BCUT2D eigenvalue weighted by Crippen LogP contribution is -1.86. The van der Waals surface area contributed by atoms with Gasteiger partial charge in [-0.1, -0.05) is 19.9 Å². The largest absolute Gasteiger partial charge is 0.392 e. The molecular weight excluding hydrogens is 155 g/mol. The zero-order chi connectivity index (χ0) is 9.56. The summed E-state index contributed by atoms with van der Waals surface area (Å²) in [6, 6.07) is 4.51. The molecule has 1 N–H and O–H groups in total. The van der Waals surface area contributed by atoms with Crippen molar-refractivity contribution in [1.82, 2.24) is 0 Å².